The van der Waals surface area contributed by atoms with E-state index < -0.39 is 0 Å². The van der Waals surface area contributed by atoms with Crippen LogP contribution in [0.1, 0.15) is 5.56 Å². The molecule has 1 N–H and O–H groups in total. The van der Waals surface area contributed by atoms with Gasteiger partial charge in [0.05, 0.1) is 33.2 Å². The molecule has 1 aromatic heterocycles. The van der Waals surface area contributed by atoms with Crippen molar-refractivity contribution in [2.24, 2.45) is 10.1 Å². The first kappa shape index (κ1) is 19.5. The Hall–Kier alpha value is -3.26. The van der Waals surface area contributed by atoms with E-state index in [0.29, 0.717) is 27.6 Å². The van der Waals surface area contributed by atoms with Crippen molar-refractivity contribution in [2.45, 2.75) is 0 Å². The molecule has 146 valence electrons. The summed E-state index contributed by atoms with van der Waals surface area (Å²) in [6.45, 7) is 0. The standard InChI is InChI=1S/C20H21N3O4S/c1-21-20-23(22-11-13-6-5-7-17(26-3)19(13)24)16(12-28-20)15-9-8-14(25-2)10-18(15)27-4/h5-12,24H,1-4H3. The second-order valence-electron chi connectivity index (χ2n) is 5.65. The van der Waals surface area contributed by atoms with Gasteiger partial charge in [0.1, 0.15) is 11.5 Å². The SMILES string of the molecule is CN=c1scc(-c2ccc(OC)cc2OC)n1N=Cc1cccc(OC)c1O. The van der Waals surface area contributed by atoms with Gasteiger partial charge in [0.25, 0.3) is 0 Å². The highest BCUT2D eigenvalue weighted by Gasteiger charge is 2.14. The summed E-state index contributed by atoms with van der Waals surface area (Å²) >= 11 is 1.46. The topological polar surface area (TPSA) is 77.6 Å². The van der Waals surface area contributed by atoms with Gasteiger partial charge in [-0.2, -0.15) is 5.10 Å². The minimum Gasteiger partial charge on any atom is -0.504 e. The average molecular weight is 399 g/mol. The first-order chi connectivity index (χ1) is 13.6. The molecule has 0 aliphatic carbocycles. The number of phenols is 1. The molecule has 0 spiro atoms. The Labute approximate surface area is 166 Å². The van der Waals surface area contributed by atoms with Crippen LogP contribution in [0.3, 0.4) is 0 Å². The first-order valence-corrected chi connectivity index (χ1v) is 9.27. The molecule has 0 saturated heterocycles. The van der Waals surface area contributed by atoms with Crippen LogP contribution in [0.2, 0.25) is 0 Å². The minimum absolute atomic E-state index is 0.0307. The maximum atomic E-state index is 10.3. The lowest BCUT2D eigenvalue weighted by Crippen LogP contribution is -2.11. The summed E-state index contributed by atoms with van der Waals surface area (Å²) in [7, 11) is 6.43. The molecule has 0 bridgehead atoms. The largest absolute Gasteiger partial charge is 0.504 e. The van der Waals surface area contributed by atoms with Crippen molar-refractivity contribution < 1.29 is 19.3 Å². The van der Waals surface area contributed by atoms with Crippen molar-refractivity contribution >= 4 is 17.6 Å². The number of para-hydroxylation sites is 1. The van der Waals surface area contributed by atoms with Crippen molar-refractivity contribution in [2.75, 3.05) is 28.4 Å². The average Bonchev–Trinajstić information content (AvgIpc) is 3.15. The van der Waals surface area contributed by atoms with Crippen LogP contribution in [-0.4, -0.2) is 44.4 Å². The zero-order chi connectivity index (χ0) is 20.1. The van der Waals surface area contributed by atoms with Gasteiger partial charge in [-0.05, 0) is 24.3 Å². The van der Waals surface area contributed by atoms with Crippen molar-refractivity contribution in [3.8, 4) is 34.3 Å². The molecule has 2 aromatic carbocycles. The van der Waals surface area contributed by atoms with Gasteiger partial charge < -0.3 is 19.3 Å². The highest BCUT2D eigenvalue weighted by molar-refractivity contribution is 7.07. The molecule has 0 fully saturated rings. The first-order valence-electron chi connectivity index (χ1n) is 8.39. The summed E-state index contributed by atoms with van der Waals surface area (Å²) in [5.41, 5.74) is 2.19. The third kappa shape index (κ3) is 3.72. The number of methoxy groups -OCH3 is 3. The molecule has 3 aromatic rings. The van der Waals surface area contributed by atoms with E-state index in [1.54, 1.807) is 50.4 Å². The number of rotatable bonds is 6. The lowest BCUT2D eigenvalue weighted by Gasteiger charge is -2.11. The summed E-state index contributed by atoms with van der Waals surface area (Å²) < 4.78 is 17.6. The van der Waals surface area contributed by atoms with Crippen molar-refractivity contribution in [3.63, 3.8) is 0 Å². The Kier molecular flexibility index (Phi) is 6.00. The van der Waals surface area contributed by atoms with Crippen LogP contribution in [0.25, 0.3) is 11.3 Å². The Morgan fingerprint density at radius 2 is 1.82 bits per heavy atom. The lowest BCUT2D eigenvalue weighted by molar-refractivity contribution is 0.373. The van der Waals surface area contributed by atoms with Crippen molar-refractivity contribution in [1.29, 1.82) is 0 Å². The molecule has 28 heavy (non-hydrogen) atoms. The molecule has 1 heterocycles. The third-order valence-corrected chi connectivity index (χ3v) is 5.03. The van der Waals surface area contributed by atoms with Gasteiger partial charge in [0.15, 0.2) is 11.5 Å². The Morgan fingerprint density at radius 3 is 2.50 bits per heavy atom. The van der Waals surface area contributed by atoms with E-state index >= 15 is 0 Å². The van der Waals surface area contributed by atoms with Crippen LogP contribution in [0, 0.1) is 0 Å². The van der Waals surface area contributed by atoms with E-state index in [0.717, 1.165) is 11.3 Å². The number of benzene rings is 2. The highest BCUT2D eigenvalue weighted by Crippen LogP contribution is 2.34. The second kappa shape index (κ2) is 8.62. The minimum atomic E-state index is 0.0307. The number of hydrogen-bond donors (Lipinski definition) is 1. The zero-order valence-corrected chi connectivity index (χ0v) is 16.9. The summed E-state index contributed by atoms with van der Waals surface area (Å²) in [5, 5.41) is 16.8. The van der Waals surface area contributed by atoms with Gasteiger partial charge in [0, 0.05) is 29.6 Å². The maximum Gasteiger partial charge on any atom is 0.205 e. The summed E-state index contributed by atoms with van der Waals surface area (Å²) in [6, 6.07) is 10.8. The molecule has 0 unspecified atom stereocenters. The molecular formula is C20H21N3O4S. The van der Waals surface area contributed by atoms with E-state index in [2.05, 4.69) is 10.1 Å². The fraction of sp³-hybridized carbons (Fsp3) is 0.200. The summed E-state index contributed by atoms with van der Waals surface area (Å²) in [5.74, 6) is 1.78. The third-order valence-electron chi connectivity index (χ3n) is 4.12. The van der Waals surface area contributed by atoms with Gasteiger partial charge in [-0.25, -0.2) is 4.68 Å². The smallest absolute Gasteiger partial charge is 0.205 e. The molecular weight excluding hydrogens is 378 g/mol. The highest BCUT2D eigenvalue weighted by atomic mass is 32.1. The number of hydrogen-bond acceptors (Lipinski definition) is 7. The number of aromatic hydroxyl groups is 1. The molecule has 0 aliphatic rings. The molecule has 0 amide bonds. The molecule has 0 aliphatic heterocycles. The van der Waals surface area contributed by atoms with Crippen LogP contribution in [-0.2, 0) is 0 Å². The van der Waals surface area contributed by atoms with Crippen LogP contribution >= 0.6 is 11.3 Å². The molecule has 3 rings (SSSR count). The fourth-order valence-corrected chi connectivity index (χ4v) is 3.48. The van der Waals surface area contributed by atoms with Crippen LogP contribution in [0.4, 0.5) is 0 Å². The predicted octanol–water partition coefficient (Wildman–Crippen LogP) is 3.36. The Balaban J connectivity index is 2.10. The summed E-state index contributed by atoms with van der Waals surface area (Å²) in [6.07, 6.45) is 1.57. The number of phenolic OH excluding ortho intramolecular Hbond substituents is 1. The molecule has 8 heteroatoms. The quantitative estimate of drug-likeness (QED) is 0.645. The number of thiazole rings is 1. The fourth-order valence-electron chi connectivity index (χ4n) is 2.69. The number of nitrogens with zero attached hydrogens (tertiary/aromatic N) is 3. The van der Waals surface area contributed by atoms with Gasteiger partial charge in [-0.1, -0.05) is 6.07 Å². The van der Waals surface area contributed by atoms with E-state index in [4.69, 9.17) is 14.2 Å². The van der Waals surface area contributed by atoms with E-state index in [1.807, 2.05) is 23.6 Å². The molecule has 0 atom stereocenters. The van der Waals surface area contributed by atoms with Crippen molar-refractivity contribution in [1.82, 2.24) is 4.68 Å². The normalized spacial score (nSPS) is 11.8. The van der Waals surface area contributed by atoms with Gasteiger partial charge in [0.2, 0.25) is 4.80 Å². The molecule has 0 saturated carbocycles. The number of ether oxygens (including phenoxy) is 3. The van der Waals surface area contributed by atoms with Gasteiger partial charge >= 0.3 is 0 Å². The Morgan fingerprint density at radius 1 is 1.04 bits per heavy atom. The Bertz CT molecular complexity index is 1070. The lowest BCUT2D eigenvalue weighted by atomic mass is 10.1. The van der Waals surface area contributed by atoms with E-state index in [-0.39, 0.29) is 5.75 Å². The summed E-state index contributed by atoms with van der Waals surface area (Å²) in [4.78, 5) is 4.99. The van der Waals surface area contributed by atoms with E-state index in [1.165, 1.54) is 18.4 Å². The molecule has 7 nitrogen and oxygen atoms in total. The second-order valence-corrected chi connectivity index (χ2v) is 6.48. The van der Waals surface area contributed by atoms with Crippen molar-refractivity contribution in [3.05, 3.63) is 52.1 Å². The maximum absolute atomic E-state index is 10.3. The monoisotopic (exact) mass is 399 g/mol. The van der Waals surface area contributed by atoms with Crippen LogP contribution < -0.4 is 19.0 Å². The zero-order valence-electron chi connectivity index (χ0n) is 16.0. The van der Waals surface area contributed by atoms with Gasteiger partial charge in [-0.15, -0.1) is 11.3 Å². The van der Waals surface area contributed by atoms with Crippen LogP contribution in [0.15, 0.2) is 51.9 Å². The molecule has 0 radical (unpaired) electrons. The van der Waals surface area contributed by atoms with E-state index in [9.17, 15) is 5.11 Å². The van der Waals surface area contributed by atoms with Gasteiger partial charge in [-0.3, -0.25) is 4.99 Å². The van der Waals surface area contributed by atoms with Crippen LogP contribution in [0.5, 0.6) is 23.0 Å². The predicted molar refractivity (Wildman–Crippen MR) is 110 cm³/mol. The number of aromatic nitrogens is 1.